The van der Waals surface area contributed by atoms with Gasteiger partial charge < -0.3 is 10.5 Å². The fourth-order valence-corrected chi connectivity index (χ4v) is 0.576. The maximum Gasteiger partial charge on any atom is 0.218 e. The molecule has 2 N–H and O–H groups in total. The Morgan fingerprint density at radius 1 is 1.55 bits per heavy atom. The third-order valence-corrected chi connectivity index (χ3v) is 0.990. The topological polar surface area (TPSA) is 61.0 Å². The smallest absolute Gasteiger partial charge is 0.218 e. The number of anilines is 1. The summed E-state index contributed by atoms with van der Waals surface area (Å²) in [5.41, 5.74) is 5.31. The Hall–Kier alpha value is -1.39. The Bertz CT molecular complexity index is 231. The number of ether oxygens (including phenoxy) is 1. The van der Waals surface area contributed by atoms with E-state index >= 15 is 0 Å². The van der Waals surface area contributed by atoms with Gasteiger partial charge in [-0.1, -0.05) is 0 Å². The molecule has 0 saturated heterocycles. The van der Waals surface area contributed by atoms with Crippen LogP contribution in [0.5, 0.6) is 5.88 Å². The molecule has 1 aromatic rings. The molecule has 0 aliphatic carbocycles. The number of hydrogen-bond donors (Lipinski definition) is 1. The molecule has 0 fully saturated rings. The molecule has 1 aromatic heterocycles. The van der Waals surface area contributed by atoms with Gasteiger partial charge in [-0.25, -0.2) is 14.4 Å². The summed E-state index contributed by atoms with van der Waals surface area (Å²) in [6.07, 6.45) is 1.27. The second kappa shape index (κ2) is 3.70. The van der Waals surface area contributed by atoms with E-state index < -0.39 is 6.67 Å². The zero-order chi connectivity index (χ0) is 8.10. The lowest BCUT2D eigenvalue weighted by molar-refractivity contribution is 0.264. The fraction of sp³-hybridized carbons (Fsp3) is 0.333. The third kappa shape index (κ3) is 2.37. The molecule has 5 heteroatoms. The minimum Gasteiger partial charge on any atom is -0.475 e. The average Bonchev–Trinajstić information content (AvgIpc) is 2.01. The molecule has 0 atom stereocenters. The molecule has 0 amide bonds. The molecule has 4 nitrogen and oxygen atoms in total. The number of nitrogen functional groups attached to an aromatic ring is 1. The molecule has 0 aliphatic rings. The minimum atomic E-state index is -0.538. The molecular weight excluding hydrogens is 149 g/mol. The van der Waals surface area contributed by atoms with Crippen molar-refractivity contribution in [3.8, 4) is 5.88 Å². The van der Waals surface area contributed by atoms with Gasteiger partial charge in [0.1, 0.15) is 25.4 Å². The van der Waals surface area contributed by atoms with Crippen LogP contribution in [0.1, 0.15) is 0 Å². The standard InChI is InChI=1S/C6H8FN3O/c7-1-2-11-6-3-5(8)9-4-10-6/h3-4H,1-2H2,(H2,8,9,10). The van der Waals surface area contributed by atoms with Crippen molar-refractivity contribution in [1.29, 1.82) is 0 Å². The predicted molar refractivity (Wildman–Crippen MR) is 37.9 cm³/mol. The molecule has 0 bridgehead atoms. The summed E-state index contributed by atoms with van der Waals surface area (Å²) >= 11 is 0. The van der Waals surface area contributed by atoms with Gasteiger partial charge in [0.25, 0.3) is 0 Å². The summed E-state index contributed by atoms with van der Waals surface area (Å²) in [5, 5.41) is 0. The number of halogens is 1. The maximum absolute atomic E-state index is 11.6. The van der Waals surface area contributed by atoms with Crippen LogP contribution in [0.15, 0.2) is 12.4 Å². The fourth-order valence-electron chi connectivity index (χ4n) is 0.576. The number of nitrogens with two attached hydrogens (primary N) is 1. The van der Waals surface area contributed by atoms with E-state index in [0.717, 1.165) is 0 Å². The number of nitrogens with zero attached hydrogens (tertiary/aromatic N) is 2. The van der Waals surface area contributed by atoms with Crippen molar-refractivity contribution in [3.63, 3.8) is 0 Å². The van der Waals surface area contributed by atoms with Crippen LogP contribution in [0.4, 0.5) is 10.2 Å². The summed E-state index contributed by atoms with van der Waals surface area (Å²) in [6, 6.07) is 1.44. The monoisotopic (exact) mass is 157 g/mol. The highest BCUT2D eigenvalue weighted by Gasteiger charge is 1.94. The summed E-state index contributed by atoms with van der Waals surface area (Å²) in [6.45, 7) is -0.541. The van der Waals surface area contributed by atoms with Gasteiger partial charge in [-0.2, -0.15) is 0 Å². The Morgan fingerprint density at radius 3 is 3.00 bits per heavy atom. The van der Waals surface area contributed by atoms with Gasteiger partial charge in [0, 0.05) is 6.07 Å². The molecule has 60 valence electrons. The van der Waals surface area contributed by atoms with Crippen LogP contribution in [0.25, 0.3) is 0 Å². The second-order valence-electron chi connectivity index (χ2n) is 1.82. The van der Waals surface area contributed by atoms with Crippen molar-refractivity contribution in [2.24, 2.45) is 0 Å². The van der Waals surface area contributed by atoms with Crippen molar-refractivity contribution < 1.29 is 9.13 Å². The normalized spacial score (nSPS) is 9.55. The molecular formula is C6H8FN3O. The summed E-state index contributed by atoms with van der Waals surface area (Å²) in [5.74, 6) is 0.615. The third-order valence-electron chi connectivity index (χ3n) is 0.990. The number of alkyl halides is 1. The maximum atomic E-state index is 11.6. The lowest BCUT2D eigenvalue weighted by atomic mass is 10.6. The zero-order valence-electron chi connectivity index (χ0n) is 5.83. The van der Waals surface area contributed by atoms with Gasteiger partial charge in [-0.3, -0.25) is 0 Å². The number of aromatic nitrogens is 2. The summed E-state index contributed by atoms with van der Waals surface area (Å²) in [7, 11) is 0. The second-order valence-corrected chi connectivity index (χ2v) is 1.82. The largest absolute Gasteiger partial charge is 0.475 e. The van der Waals surface area contributed by atoms with Gasteiger partial charge in [-0.05, 0) is 0 Å². The van der Waals surface area contributed by atoms with E-state index in [1.807, 2.05) is 0 Å². The predicted octanol–water partition coefficient (Wildman–Crippen LogP) is 0.407. The van der Waals surface area contributed by atoms with Crippen LogP contribution in [0, 0.1) is 0 Å². The van der Waals surface area contributed by atoms with E-state index in [4.69, 9.17) is 10.5 Å². The van der Waals surface area contributed by atoms with Crippen LogP contribution in [-0.2, 0) is 0 Å². The minimum absolute atomic E-state index is 0.00352. The average molecular weight is 157 g/mol. The highest BCUT2D eigenvalue weighted by molar-refractivity contribution is 5.30. The zero-order valence-corrected chi connectivity index (χ0v) is 5.83. The number of hydrogen-bond acceptors (Lipinski definition) is 4. The van der Waals surface area contributed by atoms with Gasteiger partial charge in [-0.15, -0.1) is 0 Å². The number of rotatable bonds is 3. The van der Waals surface area contributed by atoms with Crippen LogP contribution < -0.4 is 10.5 Å². The van der Waals surface area contributed by atoms with E-state index in [2.05, 4.69) is 9.97 Å². The molecule has 0 spiro atoms. The summed E-state index contributed by atoms with van der Waals surface area (Å²) in [4.78, 5) is 7.34. The highest BCUT2D eigenvalue weighted by atomic mass is 19.1. The van der Waals surface area contributed by atoms with Gasteiger partial charge in [0.15, 0.2) is 0 Å². The van der Waals surface area contributed by atoms with Crippen LogP contribution in [0.2, 0.25) is 0 Å². The Kier molecular flexibility index (Phi) is 2.59. The first-order valence-corrected chi connectivity index (χ1v) is 3.09. The molecule has 11 heavy (non-hydrogen) atoms. The molecule has 0 unspecified atom stereocenters. The van der Waals surface area contributed by atoms with Crippen molar-refractivity contribution in [2.75, 3.05) is 19.0 Å². The molecule has 0 aliphatic heterocycles. The van der Waals surface area contributed by atoms with E-state index in [9.17, 15) is 4.39 Å². The first kappa shape index (κ1) is 7.71. The Labute approximate surface area is 63.2 Å². The van der Waals surface area contributed by atoms with Crippen molar-refractivity contribution in [2.45, 2.75) is 0 Å². The van der Waals surface area contributed by atoms with Gasteiger partial charge >= 0.3 is 0 Å². The van der Waals surface area contributed by atoms with E-state index in [1.165, 1.54) is 12.4 Å². The SMILES string of the molecule is Nc1cc(OCCF)ncn1. The lowest BCUT2D eigenvalue weighted by Crippen LogP contribution is -2.01. The Morgan fingerprint density at radius 2 is 2.36 bits per heavy atom. The van der Waals surface area contributed by atoms with E-state index in [-0.39, 0.29) is 6.61 Å². The van der Waals surface area contributed by atoms with Crippen molar-refractivity contribution in [3.05, 3.63) is 12.4 Å². The highest BCUT2D eigenvalue weighted by Crippen LogP contribution is 2.06. The van der Waals surface area contributed by atoms with Gasteiger partial charge in [0.05, 0.1) is 0 Å². The van der Waals surface area contributed by atoms with E-state index in [0.29, 0.717) is 11.7 Å². The van der Waals surface area contributed by atoms with Crippen LogP contribution in [-0.4, -0.2) is 23.2 Å². The Balaban J connectivity index is 2.56. The summed E-state index contributed by atoms with van der Waals surface area (Å²) < 4.78 is 16.4. The van der Waals surface area contributed by atoms with Crippen LogP contribution >= 0.6 is 0 Å². The van der Waals surface area contributed by atoms with Crippen molar-refractivity contribution in [1.82, 2.24) is 9.97 Å². The molecule has 1 rings (SSSR count). The first-order valence-electron chi connectivity index (χ1n) is 3.09. The molecule has 0 radical (unpaired) electrons. The molecule has 0 aromatic carbocycles. The van der Waals surface area contributed by atoms with Gasteiger partial charge in [0.2, 0.25) is 5.88 Å². The van der Waals surface area contributed by atoms with E-state index in [1.54, 1.807) is 0 Å². The quantitative estimate of drug-likeness (QED) is 0.690. The molecule has 0 saturated carbocycles. The lowest BCUT2D eigenvalue weighted by Gasteiger charge is -2.00. The van der Waals surface area contributed by atoms with Crippen LogP contribution in [0.3, 0.4) is 0 Å². The molecule has 1 heterocycles. The van der Waals surface area contributed by atoms with Crippen molar-refractivity contribution >= 4 is 5.82 Å². The first-order chi connectivity index (χ1) is 5.33.